The molecule has 0 saturated heterocycles. The zero-order chi connectivity index (χ0) is 3.41. The standard InChI is InChI=1S/C2H6O2.2H2O/c3-1-2-4;;/h3-4H,1-2H2;2*1H2. The van der Waals surface area contributed by atoms with Crippen molar-refractivity contribution < 1.29 is 21.2 Å². The number of hydrogen-bond acceptors (Lipinski definition) is 2. The number of aliphatic hydroxyl groups is 2. The third-order valence-electron chi connectivity index (χ3n) is 0.1000. The summed E-state index contributed by atoms with van der Waals surface area (Å²) in [4.78, 5) is 0. The molecule has 0 bridgehead atoms. The van der Waals surface area contributed by atoms with E-state index in [0.29, 0.717) is 0 Å². The van der Waals surface area contributed by atoms with E-state index in [1.807, 2.05) is 0 Å². The van der Waals surface area contributed by atoms with Crippen molar-refractivity contribution in [3.05, 3.63) is 0 Å². The van der Waals surface area contributed by atoms with Gasteiger partial charge in [0, 0.05) is 0 Å². The topological polar surface area (TPSA) is 103 Å². The van der Waals surface area contributed by atoms with Crippen molar-refractivity contribution in [1.29, 1.82) is 0 Å². The molecule has 6 N–H and O–H groups in total. The number of rotatable bonds is 1. The van der Waals surface area contributed by atoms with Crippen molar-refractivity contribution in [3.8, 4) is 0 Å². The second kappa shape index (κ2) is 21.1. The van der Waals surface area contributed by atoms with Crippen molar-refractivity contribution in [3.63, 3.8) is 0 Å². The van der Waals surface area contributed by atoms with Crippen LogP contribution in [0, 0.1) is 0 Å². The Kier molecular flexibility index (Phi) is 59.6. The molecule has 6 heavy (non-hydrogen) atoms. The van der Waals surface area contributed by atoms with Crippen LogP contribution in [0.1, 0.15) is 0 Å². The lowest BCUT2D eigenvalue weighted by molar-refractivity contribution is 0.186. The van der Waals surface area contributed by atoms with Crippen LogP contribution >= 0.6 is 0 Å². The average Bonchev–Trinajstić information content (AvgIpc) is 1.37. The number of hydrogen-bond donors (Lipinski definition) is 2. The van der Waals surface area contributed by atoms with Gasteiger partial charge in [0.05, 0.1) is 13.2 Å². The van der Waals surface area contributed by atoms with E-state index in [1.165, 1.54) is 0 Å². The largest absolute Gasteiger partial charge is 0.412 e. The molecule has 4 heteroatoms. The summed E-state index contributed by atoms with van der Waals surface area (Å²) in [7, 11) is 0. The van der Waals surface area contributed by atoms with Gasteiger partial charge < -0.3 is 21.2 Å². The molecule has 0 aliphatic heterocycles. The van der Waals surface area contributed by atoms with E-state index < -0.39 is 0 Å². The van der Waals surface area contributed by atoms with Gasteiger partial charge in [-0.2, -0.15) is 0 Å². The van der Waals surface area contributed by atoms with Crippen LogP contribution in [-0.4, -0.2) is 34.4 Å². The van der Waals surface area contributed by atoms with E-state index in [0.717, 1.165) is 0 Å². The quantitative estimate of drug-likeness (QED) is 0.373. The van der Waals surface area contributed by atoms with Gasteiger partial charge in [-0.1, -0.05) is 0 Å². The smallest absolute Gasteiger partial charge is 0.0662 e. The maximum Gasteiger partial charge on any atom is 0.0662 e. The summed E-state index contributed by atoms with van der Waals surface area (Å²) < 4.78 is 0. The van der Waals surface area contributed by atoms with Gasteiger partial charge in [0.1, 0.15) is 0 Å². The zero-order valence-corrected chi connectivity index (χ0v) is 3.31. The van der Waals surface area contributed by atoms with Gasteiger partial charge in [0.25, 0.3) is 0 Å². The van der Waals surface area contributed by atoms with E-state index in [2.05, 4.69) is 0 Å². The predicted octanol–water partition coefficient (Wildman–Crippen LogP) is -2.68. The molecule has 0 aromatic carbocycles. The maximum absolute atomic E-state index is 7.62. The Morgan fingerprint density at radius 1 is 0.833 bits per heavy atom. The van der Waals surface area contributed by atoms with Crippen LogP contribution < -0.4 is 0 Å². The van der Waals surface area contributed by atoms with Crippen LogP contribution in [0.15, 0.2) is 0 Å². The van der Waals surface area contributed by atoms with Crippen molar-refractivity contribution in [1.82, 2.24) is 0 Å². The van der Waals surface area contributed by atoms with E-state index in [1.54, 1.807) is 0 Å². The third kappa shape index (κ3) is 43.9. The monoisotopic (exact) mass is 98.1 g/mol. The molecule has 0 unspecified atom stereocenters. The molecule has 0 aliphatic carbocycles. The molecule has 0 aromatic heterocycles. The molecule has 0 atom stereocenters. The molecular weight excluding hydrogens is 88.0 g/mol. The molecule has 0 fully saturated rings. The average molecular weight is 98.1 g/mol. The molecule has 42 valence electrons. The Morgan fingerprint density at radius 2 is 1.00 bits per heavy atom. The van der Waals surface area contributed by atoms with Gasteiger partial charge in [0.2, 0.25) is 0 Å². The summed E-state index contributed by atoms with van der Waals surface area (Å²) in [6, 6.07) is 0. The Balaban J connectivity index is -0.0000000450. The first-order valence-electron chi connectivity index (χ1n) is 1.13. The molecule has 0 aromatic rings. The van der Waals surface area contributed by atoms with Crippen molar-refractivity contribution in [2.45, 2.75) is 0 Å². The van der Waals surface area contributed by atoms with E-state index >= 15 is 0 Å². The van der Waals surface area contributed by atoms with Crippen LogP contribution in [0.25, 0.3) is 0 Å². The van der Waals surface area contributed by atoms with Crippen molar-refractivity contribution >= 4 is 0 Å². The van der Waals surface area contributed by atoms with E-state index in [-0.39, 0.29) is 24.2 Å². The summed E-state index contributed by atoms with van der Waals surface area (Å²) >= 11 is 0. The Bertz CT molecular complexity index is 7.51. The van der Waals surface area contributed by atoms with E-state index in [4.69, 9.17) is 10.2 Å². The summed E-state index contributed by atoms with van der Waals surface area (Å²) in [5.41, 5.74) is 0. The first kappa shape index (κ1) is 17.0. The predicted molar refractivity (Wildman–Crippen MR) is 21.4 cm³/mol. The summed E-state index contributed by atoms with van der Waals surface area (Å²) in [5, 5.41) is 15.2. The Morgan fingerprint density at radius 3 is 1.00 bits per heavy atom. The fourth-order valence-electron chi connectivity index (χ4n) is 0. The van der Waals surface area contributed by atoms with Crippen LogP contribution in [0.4, 0.5) is 0 Å². The lowest BCUT2D eigenvalue weighted by Gasteiger charge is -1.70. The minimum Gasteiger partial charge on any atom is -0.412 e. The Hall–Kier alpha value is -0.160. The fraction of sp³-hybridized carbons (Fsp3) is 1.00. The molecule has 0 radical (unpaired) electrons. The fourth-order valence-corrected chi connectivity index (χ4v) is 0. The third-order valence-corrected chi connectivity index (χ3v) is 0.1000. The first-order chi connectivity index (χ1) is 1.91. The van der Waals surface area contributed by atoms with Gasteiger partial charge in [-0.3, -0.25) is 0 Å². The van der Waals surface area contributed by atoms with Crippen molar-refractivity contribution in [2.24, 2.45) is 0 Å². The molecule has 0 aliphatic rings. The highest BCUT2D eigenvalue weighted by atomic mass is 16.3. The molecule has 4 nitrogen and oxygen atoms in total. The summed E-state index contributed by atoms with van der Waals surface area (Å²) in [5.74, 6) is 0. The van der Waals surface area contributed by atoms with Crippen molar-refractivity contribution in [2.75, 3.05) is 13.2 Å². The summed E-state index contributed by atoms with van der Waals surface area (Å²) in [6.45, 7) is -0.250. The Labute approximate surface area is 35.7 Å². The van der Waals surface area contributed by atoms with Crippen LogP contribution in [0.3, 0.4) is 0 Å². The van der Waals surface area contributed by atoms with Gasteiger partial charge >= 0.3 is 0 Å². The second-order valence-corrected chi connectivity index (χ2v) is 0.447. The molecule has 0 spiro atoms. The SMILES string of the molecule is O.O.OCCO. The molecule has 0 saturated carbocycles. The normalized spacial score (nSPS) is 5.00. The van der Waals surface area contributed by atoms with Crippen LogP contribution in [-0.2, 0) is 0 Å². The highest BCUT2D eigenvalue weighted by Gasteiger charge is 1.58. The number of aliphatic hydroxyl groups excluding tert-OH is 2. The second-order valence-electron chi connectivity index (χ2n) is 0.447. The maximum atomic E-state index is 7.62. The van der Waals surface area contributed by atoms with Gasteiger partial charge in [-0.15, -0.1) is 0 Å². The van der Waals surface area contributed by atoms with Gasteiger partial charge in [0.15, 0.2) is 0 Å². The zero-order valence-electron chi connectivity index (χ0n) is 3.31. The molecule has 0 amide bonds. The van der Waals surface area contributed by atoms with Crippen LogP contribution in [0.5, 0.6) is 0 Å². The molecular formula is C2H10O4. The van der Waals surface area contributed by atoms with Gasteiger partial charge in [-0.05, 0) is 0 Å². The minimum absolute atomic E-state index is 0. The highest BCUT2D eigenvalue weighted by molar-refractivity contribution is 4.06. The first-order valence-corrected chi connectivity index (χ1v) is 1.13. The van der Waals surface area contributed by atoms with E-state index in [9.17, 15) is 0 Å². The highest BCUT2D eigenvalue weighted by Crippen LogP contribution is 1.39. The van der Waals surface area contributed by atoms with Crippen LogP contribution in [0.2, 0.25) is 0 Å². The van der Waals surface area contributed by atoms with Gasteiger partial charge in [-0.25, -0.2) is 0 Å². The molecule has 0 heterocycles. The summed E-state index contributed by atoms with van der Waals surface area (Å²) in [6.07, 6.45) is 0. The minimum atomic E-state index is -0.125. The molecule has 0 rings (SSSR count). The lowest BCUT2D eigenvalue weighted by atomic mass is 10.8. The lowest BCUT2D eigenvalue weighted by Crippen LogP contribution is -1.85.